The minimum absolute atomic E-state index is 0.0160. The third-order valence-electron chi connectivity index (χ3n) is 4.65. The van der Waals surface area contributed by atoms with Crippen LogP contribution in [0.25, 0.3) is 0 Å². The van der Waals surface area contributed by atoms with Crippen LogP contribution in [0.4, 0.5) is 0 Å². The van der Waals surface area contributed by atoms with E-state index in [4.69, 9.17) is 5.73 Å². The molecule has 5 heteroatoms. The maximum atomic E-state index is 12.4. The first-order valence-electron chi connectivity index (χ1n) is 7.04. The molecule has 19 heavy (non-hydrogen) atoms. The molecule has 5 atom stereocenters. The SMILES string of the molecule is Cc1cnc(C(C)NC(=O)C2C3CCC(C3)C2N)s1. The number of nitrogens with one attached hydrogen (secondary N) is 1. The lowest BCUT2D eigenvalue weighted by molar-refractivity contribution is -0.127. The molecule has 0 aromatic carbocycles. The quantitative estimate of drug-likeness (QED) is 0.889. The molecule has 2 saturated carbocycles. The summed E-state index contributed by atoms with van der Waals surface area (Å²) in [7, 11) is 0. The molecule has 104 valence electrons. The van der Waals surface area contributed by atoms with Gasteiger partial charge in [-0.05, 0) is 44.9 Å². The van der Waals surface area contributed by atoms with Gasteiger partial charge in [0.2, 0.25) is 5.91 Å². The Balaban J connectivity index is 1.65. The number of aryl methyl sites for hydroxylation is 1. The molecule has 0 spiro atoms. The Hall–Kier alpha value is -0.940. The lowest BCUT2D eigenvalue weighted by atomic mass is 9.84. The zero-order valence-corrected chi connectivity index (χ0v) is 12.2. The van der Waals surface area contributed by atoms with E-state index in [0.29, 0.717) is 11.8 Å². The van der Waals surface area contributed by atoms with Crippen LogP contribution in [0, 0.1) is 24.7 Å². The standard InChI is InChI=1S/C14H21N3OS/c1-7-6-16-14(19-7)8(2)17-13(18)11-9-3-4-10(5-9)12(11)15/h6,8-12H,3-5,15H2,1-2H3,(H,17,18). The molecule has 5 unspecified atom stereocenters. The monoisotopic (exact) mass is 279 g/mol. The van der Waals surface area contributed by atoms with Gasteiger partial charge in [-0.25, -0.2) is 4.98 Å². The van der Waals surface area contributed by atoms with Gasteiger partial charge in [0.25, 0.3) is 0 Å². The van der Waals surface area contributed by atoms with Crippen LogP contribution in [0.2, 0.25) is 0 Å². The van der Waals surface area contributed by atoms with Crippen molar-refractivity contribution in [2.24, 2.45) is 23.5 Å². The van der Waals surface area contributed by atoms with Crippen molar-refractivity contribution in [3.05, 3.63) is 16.1 Å². The summed E-state index contributed by atoms with van der Waals surface area (Å²) < 4.78 is 0. The Morgan fingerprint density at radius 1 is 1.53 bits per heavy atom. The molecule has 3 rings (SSSR count). The van der Waals surface area contributed by atoms with Crippen molar-refractivity contribution in [2.45, 2.75) is 45.2 Å². The van der Waals surface area contributed by atoms with E-state index in [0.717, 1.165) is 11.4 Å². The second-order valence-corrected chi connectivity index (χ2v) is 7.24. The number of carbonyl (C=O) groups is 1. The van der Waals surface area contributed by atoms with E-state index in [1.54, 1.807) is 11.3 Å². The van der Waals surface area contributed by atoms with E-state index >= 15 is 0 Å². The molecule has 2 fully saturated rings. The summed E-state index contributed by atoms with van der Waals surface area (Å²) in [6, 6.07) is 0.0431. The van der Waals surface area contributed by atoms with Crippen molar-refractivity contribution in [1.82, 2.24) is 10.3 Å². The highest BCUT2D eigenvalue weighted by Crippen LogP contribution is 2.47. The molecule has 2 aliphatic rings. The second kappa shape index (κ2) is 4.87. The number of hydrogen-bond donors (Lipinski definition) is 2. The van der Waals surface area contributed by atoms with Crippen molar-refractivity contribution in [3.8, 4) is 0 Å². The smallest absolute Gasteiger partial charge is 0.225 e. The Labute approximate surface area is 117 Å². The first-order valence-corrected chi connectivity index (χ1v) is 7.86. The van der Waals surface area contributed by atoms with E-state index in [-0.39, 0.29) is 23.9 Å². The molecular weight excluding hydrogens is 258 g/mol. The van der Waals surface area contributed by atoms with E-state index in [9.17, 15) is 4.79 Å². The predicted molar refractivity (Wildman–Crippen MR) is 75.7 cm³/mol. The third kappa shape index (κ3) is 2.30. The number of hydrogen-bond acceptors (Lipinski definition) is 4. The van der Waals surface area contributed by atoms with Crippen LogP contribution in [-0.4, -0.2) is 16.9 Å². The van der Waals surface area contributed by atoms with Crippen LogP contribution in [0.1, 0.15) is 42.1 Å². The molecule has 0 saturated heterocycles. The van der Waals surface area contributed by atoms with Gasteiger partial charge in [-0.15, -0.1) is 11.3 Å². The maximum Gasteiger partial charge on any atom is 0.225 e. The van der Waals surface area contributed by atoms with Gasteiger partial charge in [-0.1, -0.05) is 0 Å². The number of thiazole rings is 1. The first-order chi connectivity index (χ1) is 9.06. The van der Waals surface area contributed by atoms with Crippen molar-refractivity contribution >= 4 is 17.2 Å². The molecular formula is C14H21N3OS. The molecule has 3 N–H and O–H groups in total. The van der Waals surface area contributed by atoms with E-state index in [1.165, 1.54) is 17.7 Å². The number of rotatable bonds is 3. The summed E-state index contributed by atoms with van der Waals surface area (Å²) in [5, 5.41) is 4.07. The zero-order valence-electron chi connectivity index (χ0n) is 11.4. The zero-order chi connectivity index (χ0) is 13.6. The van der Waals surface area contributed by atoms with Gasteiger partial charge in [0.15, 0.2) is 0 Å². The Bertz CT molecular complexity index is 485. The van der Waals surface area contributed by atoms with Gasteiger partial charge in [-0.3, -0.25) is 4.79 Å². The van der Waals surface area contributed by atoms with Gasteiger partial charge in [0, 0.05) is 17.1 Å². The molecule has 1 aromatic heterocycles. The van der Waals surface area contributed by atoms with Gasteiger partial charge in [0.1, 0.15) is 5.01 Å². The Morgan fingerprint density at radius 2 is 2.26 bits per heavy atom. The van der Waals surface area contributed by atoms with E-state index < -0.39 is 0 Å². The van der Waals surface area contributed by atoms with Gasteiger partial charge < -0.3 is 11.1 Å². The van der Waals surface area contributed by atoms with Crippen molar-refractivity contribution in [2.75, 3.05) is 0 Å². The molecule has 0 aliphatic heterocycles. The van der Waals surface area contributed by atoms with E-state index in [2.05, 4.69) is 10.3 Å². The van der Waals surface area contributed by atoms with Crippen LogP contribution < -0.4 is 11.1 Å². The van der Waals surface area contributed by atoms with Crippen LogP contribution >= 0.6 is 11.3 Å². The van der Waals surface area contributed by atoms with Crippen molar-refractivity contribution in [3.63, 3.8) is 0 Å². The Morgan fingerprint density at radius 3 is 2.84 bits per heavy atom. The summed E-state index contributed by atoms with van der Waals surface area (Å²) in [5.74, 6) is 1.21. The van der Waals surface area contributed by atoms with Crippen LogP contribution in [0.3, 0.4) is 0 Å². The fourth-order valence-corrected chi connectivity index (χ4v) is 4.44. The highest BCUT2D eigenvalue weighted by Gasteiger charge is 2.49. The summed E-state index contributed by atoms with van der Waals surface area (Å²) in [6.07, 6.45) is 5.37. The minimum Gasteiger partial charge on any atom is -0.347 e. The number of nitrogens with two attached hydrogens (primary N) is 1. The lowest BCUT2D eigenvalue weighted by Gasteiger charge is -2.28. The number of amides is 1. The molecule has 2 aliphatic carbocycles. The largest absolute Gasteiger partial charge is 0.347 e. The van der Waals surface area contributed by atoms with Crippen LogP contribution in [-0.2, 0) is 4.79 Å². The number of aromatic nitrogens is 1. The number of fused-ring (bicyclic) bond motifs is 2. The lowest BCUT2D eigenvalue weighted by Crippen LogP contribution is -2.45. The third-order valence-corrected chi connectivity index (χ3v) is 5.75. The average molecular weight is 279 g/mol. The van der Waals surface area contributed by atoms with Gasteiger partial charge >= 0.3 is 0 Å². The summed E-state index contributed by atoms with van der Waals surface area (Å²) >= 11 is 1.64. The van der Waals surface area contributed by atoms with E-state index in [1.807, 2.05) is 20.0 Å². The second-order valence-electron chi connectivity index (χ2n) is 5.98. The van der Waals surface area contributed by atoms with Crippen LogP contribution in [0.5, 0.6) is 0 Å². The minimum atomic E-state index is -0.0162. The fraction of sp³-hybridized carbons (Fsp3) is 0.714. The van der Waals surface area contributed by atoms with Crippen molar-refractivity contribution in [1.29, 1.82) is 0 Å². The molecule has 1 heterocycles. The fourth-order valence-electron chi connectivity index (χ4n) is 3.67. The molecule has 4 nitrogen and oxygen atoms in total. The van der Waals surface area contributed by atoms with Gasteiger partial charge in [-0.2, -0.15) is 0 Å². The Kier molecular flexibility index (Phi) is 3.35. The molecule has 1 aromatic rings. The average Bonchev–Trinajstić information content (AvgIpc) is 3.03. The summed E-state index contributed by atoms with van der Waals surface area (Å²) in [5.41, 5.74) is 6.21. The maximum absolute atomic E-state index is 12.4. The topological polar surface area (TPSA) is 68.0 Å². The summed E-state index contributed by atoms with van der Waals surface area (Å²) in [6.45, 7) is 4.02. The normalized spacial score (nSPS) is 34.5. The number of carbonyl (C=O) groups excluding carboxylic acids is 1. The van der Waals surface area contributed by atoms with Crippen molar-refractivity contribution < 1.29 is 4.79 Å². The first kappa shape index (κ1) is 13.1. The molecule has 1 amide bonds. The highest BCUT2D eigenvalue weighted by atomic mass is 32.1. The highest BCUT2D eigenvalue weighted by molar-refractivity contribution is 7.11. The van der Waals surface area contributed by atoms with Crippen LogP contribution in [0.15, 0.2) is 6.20 Å². The number of nitrogens with zero attached hydrogens (tertiary/aromatic N) is 1. The molecule has 0 radical (unpaired) electrons. The van der Waals surface area contributed by atoms with Gasteiger partial charge in [0.05, 0.1) is 12.0 Å². The molecule has 2 bridgehead atoms. The predicted octanol–water partition coefficient (Wildman–Crippen LogP) is 2.00. The summed E-state index contributed by atoms with van der Waals surface area (Å²) in [4.78, 5) is 17.9.